The third kappa shape index (κ3) is 3.73. The molecule has 0 N–H and O–H groups in total. The van der Waals surface area contributed by atoms with E-state index in [1.165, 1.54) is 22.3 Å². The molecule has 1 aliphatic heterocycles. The fraction of sp³-hybridized carbons (Fsp3) is 0.364. The second-order valence-electron chi connectivity index (χ2n) is 7.94. The summed E-state index contributed by atoms with van der Waals surface area (Å²) in [6, 6.07) is 17.2. The van der Waals surface area contributed by atoms with Crippen molar-refractivity contribution in [3.8, 4) is 0 Å². The van der Waals surface area contributed by atoms with Crippen molar-refractivity contribution in [2.45, 2.75) is 52.7 Å². The van der Waals surface area contributed by atoms with Crippen molar-refractivity contribution in [2.24, 2.45) is 0 Å². The van der Waals surface area contributed by atoms with Crippen LogP contribution in [0.4, 0.5) is 0 Å². The molecule has 1 saturated heterocycles. The molecule has 1 heterocycles. The first-order chi connectivity index (χ1) is 11.7. The van der Waals surface area contributed by atoms with Crippen molar-refractivity contribution in [3.05, 3.63) is 76.8 Å². The van der Waals surface area contributed by atoms with Gasteiger partial charge in [-0.05, 0) is 64.2 Å². The molecule has 1 fully saturated rings. The van der Waals surface area contributed by atoms with Gasteiger partial charge in [0, 0.05) is 0 Å². The van der Waals surface area contributed by atoms with Crippen molar-refractivity contribution in [3.63, 3.8) is 0 Å². The number of rotatable bonds is 3. The molecule has 0 spiro atoms. The quantitative estimate of drug-likeness (QED) is 0.703. The molecule has 0 aromatic heterocycles. The summed E-state index contributed by atoms with van der Waals surface area (Å²) in [6.45, 7) is 12.5. The monoisotopic (exact) mass is 334 g/mol. The highest BCUT2D eigenvalue weighted by Crippen LogP contribution is 2.38. The Bertz CT molecular complexity index is 707. The predicted octanol–water partition coefficient (Wildman–Crippen LogP) is 5.37. The third-order valence-corrected chi connectivity index (χ3v) is 5.30. The molecule has 0 radical (unpaired) electrons. The highest BCUT2D eigenvalue weighted by atomic mass is 16.7. The van der Waals surface area contributed by atoms with E-state index in [4.69, 9.17) is 9.31 Å². The fourth-order valence-electron chi connectivity index (χ4n) is 2.92. The summed E-state index contributed by atoms with van der Waals surface area (Å²) >= 11 is 0. The number of benzene rings is 2. The van der Waals surface area contributed by atoms with Gasteiger partial charge in [-0.2, -0.15) is 0 Å². The van der Waals surface area contributed by atoms with E-state index in [1.54, 1.807) is 0 Å². The van der Waals surface area contributed by atoms with Crippen LogP contribution in [-0.4, -0.2) is 18.3 Å². The highest BCUT2D eigenvalue weighted by molar-refractivity contribution is 6.53. The Balaban J connectivity index is 2.02. The van der Waals surface area contributed by atoms with Crippen molar-refractivity contribution in [1.82, 2.24) is 0 Å². The molecular formula is C22H27BO2. The van der Waals surface area contributed by atoms with E-state index in [1.807, 2.05) is 0 Å². The van der Waals surface area contributed by atoms with Gasteiger partial charge >= 0.3 is 7.12 Å². The Labute approximate surface area is 152 Å². The first kappa shape index (κ1) is 18.0. The lowest BCUT2D eigenvalue weighted by Gasteiger charge is -2.32. The summed E-state index contributed by atoms with van der Waals surface area (Å²) in [7, 11) is -0.359. The SMILES string of the molecule is Cc1ccc(C(=CB2OC(C)(C)C(C)(C)O2)c2ccc(C)cc2)cc1. The van der Waals surface area contributed by atoms with Gasteiger partial charge in [0.05, 0.1) is 11.2 Å². The van der Waals surface area contributed by atoms with Crippen molar-refractivity contribution in [1.29, 1.82) is 0 Å². The van der Waals surface area contributed by atoms with Gasteiger partial charge in [-0.3, -0.25) is 0 Å². The minimum atomic E-state index is -0.359. The normalized spacial score (nSPS) is 18.2. The zero-order chi connectivity index (χ0) is 18.2. The smallest absolute Gasteiger partial charge is 0.400 e. The average molecular weight is 334 g/mol. The van der Waals surface area contributed by atoms with Crippen molar-refractivity contribution >= 4 is 12.7 Å². The molecule has 3 heteroatoms. The fourth-order valence-corrected chi connectivity index (χ4v) is 2.92. The maximum Gasteiger partial charge on any atom is 0.487 e. The van der Waals surface area contributed by atoms with Gasteiger partial charge in [-0.15, -0.1) is 0 Å². The van der Waals surface area contributed by atoms with E-state index in [0.717, 1.165) is 5.57 Å². The van der Waals surface area contributed by atoms with Crippen LogP contribution in [0.25, 0.3) is 5.57 Å². The Kier molecular flexibility index (Phi) is 4.65. The second-order valence-corrected chi connectivity index (χ2v) is 7.94. The topological polar surface area (TPSA) is 18.5 Å². The van der Waals surface area contributed by atoms with Gasteiger partial charge in [-0.25, -0.2) is 0 Å². The average Bonchev–Trinajstić information content (AvgIpc) is 2.74. The lowest BCUT2D eigenvalue weighted by molar-refractivity contribution is 0.00578. The molecule has 2 aromatic rings. The van der Waals surface area contributed by atoms with Crippen molar-refractivity contribution < 1.29 is 9.31 Å². The summed E-state index contributed by atoms with van der Waals surface area (Å²) in [5.74, 6) is 2.10. The molecule has 0 unspecified atom stereocenters. The maximum atomic E-state index is 6.19. The first-order valence-electron chi connectivity index (χ1n) is 8.89. The van der Waals surface area contributed by atoms with Crippen LogP contribution in [0, 0.1) is 13.8 Å². The molecule has 25 heavy (non-hydrogen) atoms. The van der Waals surface area contributed by atoms with Crippen molar-refractivity contribution in [2.75, 3.05) is 0 Å². The molecule has 0 aliphatic carbocycles. The summed E-state index contributed by atoms with van der Waals surface area (Å²) < 4.78 is 12.4. The zero-order valence-corrected chi connectivity index (χ0v) is 16.1. The Morgan fingerprint density at radius 1 is 0.720 bits per heavy atom. The van der Waals surface area contributed by atoms with Crippen LogP contribution in [0.2, 0.25) is 0 Å². The first-order valence-corrected chi connectivity index (χ1v) is 8.89. The third-order valence-electron chi connectivity index (χ3n) is 5.30. The lowest BCUT2D eigenvalue weighted by atomic mass is 9.82. The number of aryl methyl sites for hydroxylation is 2. The second kappa shape index (κ2) is 6.47. The van der Waals surface area contributed by atoms with Gasteiger partial charge < -0.3 is 9.31 Å². The zero-order valence-electron chi connectivity index (χ0n) is 16.1. The summed E-state index contributed by atoms with van der Waals surface area (Å²) in [6.07, 6.45) is 0. The predicted molar refractivity (Wildman–Crippen MR) is 106 cm³/mol. The number of hydrogen-bond acceptors (Lipinski definition) is 2. The van der Waals surface area contributed by atoms with Gasteiger partial charge in [0.2, 0.25) is 0 Å². The molecule has 0 atom stereocenters. The molecular weight excluding hydrogens is 307 g/mol. The van der Waals surface area contributed by atoms with Gasteiger partial charge in [0.1, 0.15) is 0 Å². The Morgan fingerprint density at radius 2 is 1.08 bits per heavy atom. The van der Waals surface area contributed by atoms with E-state index in [2.05, 4.69) is 96.0 Å². The highest BCUT2D eigenvalue weighted by Gasteiger charge is 2.50. The van der Waals surface area contributed by atoms with Crippen LogP contribution < -0.4 is 0 Å². The molecule has 0 bridgehead atoms. The van der Waals surface area contributed by atoms with E-state index in [0.29, 0.717) is 0 Å². The van der Waals surface area contributed by atoms with Crippen LogP contribution in [0.1, 0.15) is 49.9 Å². The Morgan fingerprint density at radius 3 is 1.44 bits per heavy atom. The minimum absolute atomic E-state index is 0.334. The largest absolute Gasteiger partial charge is 0.487 e. The molecule has 0 saturated carbocycles. The maximum absolute atomic E-state index is 6.19. The molecule has 2 aromatic carbocycles. The van der Waals surface area contributed by atoms with Crippen LogP contribution in [-0.2, 0) is 9.31 Å². The van der Waals surface area contributed by atoms with Gasteiger partial charge in [-0.1, -0.05) is 59.7 Å². The van der Waals surface area contributed by atoms with Crippen LogP contribution in [0.3, 0.4) is 0 Å². The summed E-state index contributed by atoms with van der Waals surface area (Å²) in [5, 5.41) is 0. The minimum Gasteiger partial charge on any atom is -0.400 e. The van der Waals surface area contributed by atoms with Gasteiger partial charge in [0.15, 0.2) is 0 Å². The summed E-state index contributed by atoms with van der Waals surface area (Å²) in [5.41, 5.74) is 5.32. The molecule has 2 nitrogen and oxygen atoms in total. The molecule has 3 rings (SSSR count). The van der Waals surface area contributed by atoms with Crippen LogP contribution in [0.5, 0.6) is 0 Å². The van der Waals surface area contributed by atoms with Gasteiger partial charge in [0.25, 0.3) is 0 Å². The standard InChI is InChI=1S/C22H27BO2/c1-16-7-11-18(12-8-16)20(19-13-9-17(2)10-14-19)15-23-24-21(3,4)22(5,6)25-23/h7-15H,1-6H3. The lowest BCUT2D eigenvalue weighted by Crippen LogP contribution is -2.41. The molecule has 0 amide bonds. The summed E-state index contributed by atoms with van der Waals surface area (Å²) in [4.78, 5) is 0. The Hall–Kier alpha value is -1.84. The van der Waals surface area contributed by atoms with Crippen LogP contribution in [0.15, 0.2) is 54.5 Å². The van der Waals surface area contributed by atoms with E-state index in [9.17, 15) is 0 Å². The molecule has 130 valence electrons. The van der Waals surface area contributed by atoms with Crippen LogP contribution >= 0.6 is 0 Å². The van der Waals surface area contributed by atoms with E-state index in [-0.39, 0.29) is 18.3 Å². The van der Waals surface area contributed by atoms with E-state index >= 15 is 0 Å². The molecule has 1 aliphatic rings. The van der Waals surface area contributed by atoms with E-state index < -0.39 is 0 Å². The number of hydrogen-bond donors (Lipinski definition) is 0.